The monoisotopic (exact) mass is 293 g/mol. The summed E-state index contributed by atoms with van der Waals surface area (Å²) in [5.41, 5.74) is -0.919. The van der Waals surface area contributed by atoms with Gasteiger partial charge in [0.15, 0.2) is 0 Å². The highest BCUT2D eigenvalue weighted by Gasteiger charge is 2.39. The maximum Gasteiger partial charge on any atom is 0.502 e. The summed E-state index contributed by atoms with van der Waals surface area (Å²) in [6.45, 7) is 6.85. The van der Waals surface area contributed by atoms with Crippen molar-refractivity contribution in [2.75, 3.05) is 0 Å². The first-order chi connectivity index (χ1) is 9.21. The molecule has 0 atom stereocenters. The lowest BCUT2D eigenvalue weighted by molar-refractivity contribution is -0.0981. The fourth-order valence-corrected chi connectivity index (χ4v) is 2.40. The lowest BCUT2D eigenvalue weighted by Crippen LogP contribution is -2.52. The summed E-state index contributed by atoms with van der Waals surface area (Å²) in [6, 6.07) is 5.78. The molecule has 20 heavy (non-hydrogen) atoms. The van der Waals surface area contributed by atoms with Gasteiger partial charge in [0.2, 0.25) is 0 Å². The van der Waals surface area contributed by atoms with Crippen molar-refractivity contribution in [3.8, 4) is 5.69 Å². The van der Waals surface area contributed by atoms with Gasteiger partial charge in [-0.1, -0.05) is 0 Å². The molecule has 2 rings (SSSR count). The van der Waals surface area contributed by atoms with Crippen LogP contribution in [-0.4, -0.2) is 33.0 Å². The van der Waals surface area contributed by atoms with Crippen molar-refractivity contribution in [2.24, 2.45) is 0 Å². The van der Waals surface area contributed by atoms with E-state index in [-0.39, 0.29) is 0 Å². The number of hydrogen-bond donors (Lipinski definition) is 2. The number of rotatable bonds is 5. The molecule has 4 nitrogen and oxygen atoms in total. The highest BCUT2D eigenvalue weighted by molar-refractivity contribution is 7.20. The third-order valence-corrected chi connectivity index (χ3v) is 4.58. The van der Waals surface area contributed by atoms with Crippen molar-refractivity contribution in [3.05, 3.63) is 36.0 Å². The first-order valence-corrected chi connectivity index (χ1v) is 7.39. The van der Waals surface area contributed by atoms with Crippen LogP contribution in [0, 0.1) is 0 Å². The van der Waals surface area contributed by atoms with Crippen LogP contribution in [-0.2, 0) is 4.65 Å². The molecule has 0 aromatic carbocycles. The van der Waals surface area contributed by atoms with Crippen molar-refractivity contribution in [1.29, 1.82) is 0 Å². The molecule has 0 radical (unpaired) electrons. The molecule has 0 spiro atoms. The molecule has 0 fully saturated rings. The Kier molecular flexibility index (Phi) is 4.11. The minimum atomic E-state index is -1.05. The van der Waals surface area contributed by atoms with Gasteiger partial charge in [-0.15, -0.1) is 0 Å². The fourth-order valence-electron chi connectivity index (χ4n) is 1.60. The summed E-state index contributed by atoms with van der Waals surface area (Å²) in [5, 5.41) is 22.2. The Morgan fingerprint density at radius 3 is 2.35 bits per heavy atom. The Balaban J connectivity index is 2.13. The van der Waals surface area contributed by atoms with Gasteiger partial charge in [0, 0.05) is 22.6 Å². The minimum Gasteiger partial charge on any atom is -0.423 e. The largest absolute Gasteiger partial charge is 0.502 e. The van der Waals surface area contributed by atoms with Gasteiger partial charge < -0.3 is 19.4 Å². The summed E-state index contributed by atoms with van der Waals surface area (Å²) in [7, 11) is -1.05. The molecule has 6 heteroatoms. The summed E-state index contributed by atoms with van der Waals surface area (Å²) < 4.78 is 8.31. The molecule has 0 saturated carbocycles. The summed E-state index contributed by atoms with van der Waals surface area (Å²) in [6.07, 6.45) is 3.89. The summed E-state index contributed by atoms with van der Waals surface area (Å²) in [5.74, 6) is 0. The SMILES string of the molecule is CC(C)(O)C(C)(C)OB(O)c1cc(-n2cccc2)cs1. The van der Waals surface area contributed by atoms with E-state index in [9.17, 15) is 10.1 Å². The molecule has 0 aliphatic carbocycles. The lowest BCUT2D eigenvalue weighted by atomic mass is 9.82. The van der Waals surface area contributed by atoms with Crippen molar-refractivity contribution < 1.29 is 14.8 Å². The predicted molar refractivity (Wildman–Crippen MR) is 82.7 cm³/mol. The standard InChI is InChI=1S/C14H20BNO3S/c1-13(2,17)14(3,4)19-15(18)12-9-11(10-20-12)16-7-5-6-8-16/h5-10,17-18H,1-4H3. The zero-order valence-electron chi connectivity index (χ0n) is 12.2. The first kappa shape index (κ1) is 15.3. The Morgan fingerprint density at radius 2 is 1.80 bits per heavy atom. The van der Waals surface area contributed by atoms with Gasteiger partial charge in [0.1, 0.15) is 0 Å². The van der Waals surface area contributed by atoms with Gasteiger partial charge >= 0.3 is 7.12 Å². The highest BCUT2D eigenvalue weighted by Crippen LogP contribution is 2.25. The van der Waals surface area contributed by atoms with E-state index in [4.69, 9.17) is 4.65 Å². The molecule has 2 aromatic rings. The molecule has 2 heterocycles. The molecule has 2 N–H and O–H groups in total. The molecule has 0 amide bonds. The zero-order valence-corrected chi connectivity index (χ0v) is 13.0. The van der Waals surface area contributed by atoms with Gasteiger partial charge in [-0.3, -0.25) is 0 Å². The maximum absolute atomic E-state index is 10.2. The van der Waals surface area contributed by atoms with Crippen LogP contribution in [0.4, 0.5) is 0 Å². The van der Waals surface area contributed by atoms with Gasteiger partial charge in [0.25, 0.3) is 0 Å². The lowest BCUT2D eigenvalue weighted by Gasteiger charge is -2.38. The number of aromatic nitrogens is 1. The van der Waals surface area contributed by atoms with Crippen LogP contribution < -0.4 is 4.78 Å². The molecular formula is C14H20BNO3S. The van der Waals surface area contributed by atoms with E-state index >= 15 is 0 Å². The number of thiophene rings is 1. The van der Waals surface area contributed by atoms with Gasteiger partial charge in [0.05, 0.1) is 16.9 Å². The third-order valence-electron chi connectivity index (χ3n) is 3.63. The molecule has 0 unspecified atom stereocenters. The van der Waals surface area contributed by atoms with Crippen molar-refractivity contribution >= 4 is 23.2 Å². The molecule has 0 saturated heterocycles. The van der Waals surface area contributed by atoms with Crippen LogP contribution in [0.5, 0.6) is 0 Å². The van der Waals surface area contributed by atoms with Gasteiger partial charge in [-0.2, -0.15) is 11.3 Å². The second-order valence-electron chi connectivity index (χ2n) is 5.84. The molecule has 0 aliphatic heterocycles. The average molecular weight is 293 g/mol. The van der Waals surface area contributed by atoms with Crippen LogP contribution in [0.15, 0.2) is 36.0 Å². The van der Waals surface area contributed by atoms with E-state index in [0.29, 0.717) is 4.78 Å². The molecule has 0 bridgehead atoms. The second kappa shape index (κ2) is 5.37. The number of aliphatic hydroxyl groups is 1. The van der Waals surface area contributed by atoms with E-state index in [0.717, 1.165) is 5.69 Å². The summed E-state index contributed by atoms with van der Waals surface area (Å²) >= 11 is 1.43. The van der Waals surface area contributed by atoms with Crippen molar-refractivity contribution in [2.45, 2.75) is 38.9 Å². The first-order valence-electron chi connectivity index (χ1n) is 6.51. The smallest absolute Gasteiger partial charge is 0.423 e. The van der Waals surface area contributed by atoms with E-state index in [1.54, 1.807) is 27.7 Å². The van der Waals surface area contributed by atoms with E-state index in [1.165, 1.54) is 11.3 Å². The fraction of sp³-hybridized carbons (Fsp3) is 0.429. The number of hydrogen-bond acceptors (Lipinski definition) is 4. The van der Waals surface area contributed by atoms with Crippen molar-refractivity contribution in [3.63, 3.8) is 0 Å². The summed E-state index contributed by atoms with van der Waals surface area (Å²) in [4.78, 5) is 0. The Bertz CT molecular complexity index is 557. The Hall–Kier alpha value is -1.08. The second-order valence-corrected chi connectivity index (χ2v) is 6.78. The topological polar surface area (TPSA) is 54.6 Å². The van der Waals surface area contributed by atoms with E-state index in [1.807, 2.05) is 40.5 Å². The Labute approximate surface area is 123 Å². The van der Waals surface area contributed by atoms with Gasteiger partial charge in [-0.05, 0) is 45.9 Å². The van der Waals surface area contributed by atoms with Gasteiger partial charge in [-0.25, -0.2) is 0 Å². The normalized spacial score (nSPS) is 12.7. The quantitative estimate of drug-likeness (QED) is 0.826. The zero-order chi connectivity index (χ0) is 15.0. The maximum atomic E-state index is 10.2. The molecule has 2 aromatic heterocycles. The Morgan fingerprint density at radius 1 is 1.20 bits per heavy atom. The van der Waals surface area contributed by atoms with Crippen LogP contribution in [0.2, 0.25) is 0 Å². The average Bonchev–Trinajstić information content (AvgIpc) is 2.98. The molecular weight excluding hydrogens is 273 g/mol. The molecule has 108 valence electrons. The molecule has 0 aliphatic rings. The third kappa shape index (κ3) is 3.15. The highest BCUT2D eigenvalue weighted by atomic mass is 32.1. The number of nitrogens with zero attached hydrogens (tertiary/aromatic N) is 1. The minimum absolute atomic E-state index is 0.714. The van der Waals surface area contributed by atoms with Crippen LogP contribution >= 0.6 is 11.3 Å². The van der Waals surface area contributed by atoms with Crippen LogP contribution in [0.25, 0.3) is 5.69 Å². The van der Waals surface area contributed by atoms with E-state index < -0.39 is 18.3 Å². The van der Waals surface area contributed by atoms with Crippen LogP contribution in [0.1, 0.15) is 27.7 Å². The van der Waals surface area contributed by atoms with E-state index in [2.05, 4.69) is 0 Å². The van der Waals surface area contributed by atoms with Crippen molar-refractivity contribution in [1.82, 2.24) is 4.57 Å². The van der Waals surface area contributed by atoms with Crippen LogP contribution in [0.3, 0.4) is 0 Å². The predicted octanol–water partition coefficient (Wildman–Crippen LogP) is 1.79.